The average molecular weight is 404 g/mol. The van der Waals surface area contributed by atoms with Crippen molar-refractivity contribution in [2.45, 2.75) is 23.9 Å². The highest BCUT2D eigenvalue weighted by atomic mass is 79.9. The maximum absolute atomic E-state index is 5.89. The first-order valence-corrected chi connectivity index (χ1v) is 9.40. The van der Waals surface area contributed by atoms with Crippen molar-refractivity contribution in [3.8, 4) is 0 Å². The Bertz CT molecular complexity index is 773. The summed E-state index contributed by atoms with van der Waals surface area (Å²) in [4.78, 5) is 5.52. The molecular weight excluding hydrogens is 386 g/mol. The molecule has 2 aromatic carbocycles. The van der Waals surface area contributed by atoms with Crippen LogP contribution in [0.3, 0.4) is 0 Å². The molecule has 124 valence electrons. The van der Waals surface area contributed by atoms with E-state index in [1.54, 1.807) is 0 Å². The summed E-state index contributed by atoms with van der Waals surface area (Å²) < 4.78 is 1.05. The second-order valence-corrected chi connectivity index (χ2v) is 7.44. The van der Waals surface area contributed by atoms with E-state index in [2.05, 4.69) is 43.3 Å². The maximum atomic E-state index is 5.89. The predicted octanol–water partition coefficient (Wildman–Crippen LogP) is 4.54. The molecule has 1 aliphatic rings. The zero-order valence-corrected chi connectivity index (χ0v) is 15.4. The fraction of sp³-hybridized carbons (Fsp3) is 0.235. The highest BCUT2D eigenvalue weighted by molar-refractivity contribution is 9.10. The van der Waals surface area contributed by atoms with E-state index in [-0.39, 0.29) is 12.0 Å². The largest absolute Gasteiger partial charge is 0.366 e. The van der Waals surface area contributed by atoms with Gasteiger partial charge < -0.3 is 11.5 Å². The Kier molecular flexibility index (Phi) is 5.65. The molecule has 7 heteroatoms. The van der Waals surface area contributed by atoms with Crippen molar-refractivity contribution in [3.63, 3.8) is 0 Å². The van der Waals surface area contributed by atoms with Gasteiger partial charge in [-0.15, -0.1) is 16.9 Å². The lowest BCUT2D eigenvalue weighted by molar-refractivity contribution is 0.651. The van der Waals surface area contributed by atoms with Gasteiger partial charge in [0.15, 0.2) is 0 Å². The van der Waals surface area contributed by atoms with Gasteiger partial charge >= 0.3 is 0 Å². The summed E-state index contributed by atoms with van der Waals surface area (Å²) in [5.41, 5.74) is 14.5. The minimum Gasteiger partial charge on any atom is -0.366 e. The number of thioether (sulfide) groups is 1. The first-order valence-electron chi connectivity index (χ1n) is 7.62. The van der Waals surface area contributed by atoms with E-state index in [0.29, 0.717) is 6.54 Å². The van der Waals surface area contributed by atoms with Crippen LogP contribution in [0.1, 0.15) is 23.6 Å². The summed E-state index contributed by atoms with van der Waals surface area (Å²) in [6.07, 6.45) is 0.941. The van der Waals surface area contributed by atoms with E-state index < -0.39 is 0 Å². The Hall–Kier alpha value is -1.70. The Balaban J connectivity index is 1.76. The highest BCUT2D eigenvalue weighted by Crippen LogP contribution is 2.39. The van der Waals surface area contributed by atoms with Gasteiger partial charge in [-0.3, -0.25) is 0 Å². The van der Waals surface area contributed by atoms with Crippen molar-refractivity contribution in [1.29, 1.82) is 0 Å². The van der Waals surface area contributed by atoms with Crippen molar-refractivity contribution >= 4 is 39.3 Å². The fourth-order valence-electron chi connectivity index (χ4n) is 2.46. The fourth-order valence-corrected chi connectivity index (χ4v) is 3.92. The number of rotatable bonds is 3. The SMILES string of the molecule is NCc1ccc(N=C(N)N=NC2CCSc3ccc(Br)cc32)cc1. The van der Waals surface area contributed by atoms with Crippen LogP contribution < -0.4 is 11.5 Å². The van der Waals surface area contributed by atoms with E-state index in [1.165, 1.54) is 10.5 Å². The summed E-state index contributed by atoms with van der Waals surface area (Å²) in [5.74, 6) is 1.18. The Morgan fingerprint density at radius 3 is 2.75 bits per heavy atom. The lowest BCUT2D eigenvalue weighted by Crippen LogP contribution is -2.09. The summed E-state index contributed by atoms with van der Waals surface area (Å²) in [7, 11) is 0. The number of fused-ring (bicyclic) bond motifs is 1. The molecule has 0 spiro atoms. The number of benzene rings is 2. The number of nitrogens with two attached hydrogens (primary N) is 2. The summed E-state index contributed by atoms with van der Waals surface area (Å²) >= 11 is 5.36. The van der Waals surface area contributed by atoms with Gasteiger partial charge in [-0.05, 0) is 47.9 Å². The van der Waals surface area contributed by atoms with Crippen LogP contribution in [0.25, 0.3) is 0 Å². The number of azo groups is 1. The summed E-state index contributed by atoms with van der Waals surface area (Å²) in [6.45, 7) is 0.508. The van der Waals surface area contributed by atoms with Crippen molar-refractivity contribution in [1.82, 2.24) is 0 Å². The predicted molar refractivity (Wildman–Crippen MR) is 103 cm³/mol. The summed E-state index contributed by atoms with van der Waals surface area (Å²) in [5, 5.41) is 8.53. The topological polar surface area (TPSA) is 89.1 Å². The molecule has 1 atom stereocenters. The number of aliphatic imine (C=N–C) groups is 1. The molecule has 0 bridgehead atoms. The zero-order chi connectivity index (χ0) is 16.9. The third kappa shape index (κ3) is 4.23. The molecule has 1 aliphatic heterocycles. The van der Waals surface area contributed by atoms with Crippen molar-refractivity contribution in [2.75, 3.05) is 5.75 Å². The molecule has 0 amide bonds. The van der Waals surface area contributed by atoms with Crippen LogP contribution in [0.4, 0.5) is 5.69 Å². The average Bonchev–Trinajstić information content (AvgIpc) is 2.60. The Labute approximate surface area is 153 Å². The van der Waals surface area contributed by atoms with Crippen molar-refractivity contribution in [2.24, 2.45) is 26.7 Å². The molecule has 0 aliphatic carbocycles. The third-order valence-corrected chi connectivity index (χ3v) is 5.31. The normalized spacial score (nSPS) is 17.9. The number of hydrogen-bond donors (Lipinski definition) is 2. The molecule has 0 fully saturated rings. The molecule has 0 saturated carbocycles. The van der Waals surface area contributed by atoms with E-state index in [0.717, 1.165) is 27.9 Å². The van der Waals surface area contributed by atoms with E-state index >= 15 is 0 Å². The Morgan fingerprint density at radius 1 is 1.21 bits per heavy atom. The molecule has 24 heavy (non-hydrogen) atoms. The molecule has 1 unspecified atom stereocenters. The van der Waals surface area contributed by atoms with E-state index in [4.69, 9.17) is 11.5 Å². The molecule has 2 aromatic rings. The van der Waals surface area contributed by atoms with Crippen LogP contribution in [-0.2, 0) is 6.54 Å². The molecule has 0 saturated heterocycles. The Morgan fingerprint density at radius 2 is 2.00 bits per heavy atom. The summed E-state index contributed by atoms with van der Waals surface area (Å²) in [6, 6.07) is 13.9. The first kappa shape index (κ1) is 17.1. The van der Waals surface area contributed by atoms with Gasteiger partial charge in [0.25, 0.3) is 0 Å². The quantitative estimate of drug-likeness (QED) is 0.447. The van der Waals surface area contributed by atoms with Gasteiger partial charge in [0.05, 0.1) is 11.7 Å². The van der Waals surface area contributed by atoms with Crippen molar-refractivity contribution in [3.05, 3.63) is 58.1 Å². The van der Waals surface area contributed by atoms with E-state index in [1.807, 2.05) is 42.1 Å². The molecule has 1 heterocycles. The minimum absolute atomic E-state index is 0.0205. The second kappa shape index (κ2) is 7.92. The smallest absolute Gasteiger partial charge is 0.240 e. The lowest BCUT2D eigenvalue weighted by atomic mass is 10.1. The van der Waals surface area contributed by atoms with E-state index in [9.17, 15) is 0 Å². The van der Waals surface area contributed by atoms with Crippen molar-refractivity contribution < 1.29 is 0 Å². The number of guanidine groups is 1. The van der Waals surface area contributed by atoms with Gasteiger partial charge in [-0.2, -0.15) is 5.11 Å². The molecule has 4 N–H and O–H groups in total. The first-order chi connectivity index (χ1) is 11.7. The third-order valence-electron chi connectivity index (χ3n) is 3.69. The molecule has 0 radical (unpaired) electrons. The highest BCUT2D eigenvalue weighted by Gasteiger charge is 2.20. The van der Waals surface area contributed by atoms with Gasteiger partial charge in [0, 0.05) is 21.7 Å². The van der Waals surface area contributed by atoms with Crippen LogP contribution in [0.2, 0.25) is 0 Å². The maximum Gasteiger partial charge on any atom is 0.240 e. The number of halogens is 1. The zero-order valence-electron chi connectivity index (χ0n) is 13.0. The van der Waals surface area contributed by atoms with Crippen LogP contribution in [0.15, 0.2) is 67.1 Å². The minimum atomic E-state index is 0.0205. The molecular formula is C17H18BrN5S. The lowest BCUT2D eigenvalue weighted by Gasteiger charge is -2.21. The molecule has 0 aromatic heterocycles. The van der Waals surface area contributed by atoms with Gasteiger partial charge in [0.2, 0.25) is 5.96 Å². The van der Waals surface area contributed by atoms with Gasteiger partial charge in [0.1, 0.15) is 0 Å². The second-order valence-electron chi connectivity index (χ2n) is 5.39. The number of hydrogen-bond acceptors (Lipinski definition) is 4. The standard InChI is InChI=1S/C17H18BrN5S/c18-12-3-6-16-14(9-12)15(7-8-24-16)22-23-17(20)21-13-4-1-11(10-19)2-5-13/h1-6,9,15H,7-8,10,19H2,(H2,20,21). The monoisotopic (exact) mass is 403 g/mol. The van der Waals surface area contributed by atoms with Crippen LogP contribution in [-0.4, -0.2) is 11.7 Å². The van der Waals surface area contributed by atoms with Gasteiger partial charge in [-0.25, -0.2) is 4.99 Å². The van der Waals surface area contributed by atoms with Crippen LogP contribution in [0, 0.1) is 0 Å². The van der Waals surface area contributed by atoms with Gasteiger partial charge in [-0.1, -0.05) is 28.1 Å². The molecule has 5 nitrogen and oxygen atoms in total. The number of nitrogens with zero attached hydrogens (tertiary/aromatic N) is 3. The van der Waals surface area contributed by atoms with Crippen LogP contribution >= 0.6 is 27.7 Å². The van der Waals surface area contributed by atoms with Crippen LogP contribution in [0.5, 0.6) is 0 Å². The molecule has 3 rings (SSSR count).